The highest BCUT2D eigenvalue weighted by Crippen LogP contribution is 2.39. The summed E-state index contributed by atoms with van der Waals surface area (Å²) in [6.07, 6.45) is 4.29. The predicted molar refractivity (Wildman–Crippen MR) is 85.9 cm³/mol. The monoisotopic (exact) mass is 308 g/mol. The highest BCUT2D eigenvalue weighted by molar-refractivity contribution is 6.02. The van der Waals surface area contributed by atoms with E-state index in [2.05, 4.69) is 15.4 Å². The zero-order chi connectivity index (χ0) is 15.8. The first-order chi connectivity index (χ1) is 11.2. The Morgan fingerprint density at radius 3 is 2.70 bits per heavy atom. The first kappa shape index (κ1) is 13.8. The largest absolute Gasteiger partial charge is 0.497 e. The molecule has 1 saturated carbocycles. The van der Waals surface area contributed by atoms with Gasteiger partial charge in [-0.25, -0.2) is 9.50 Å². The summed E-state index contributed by atoms with van der Waals surface area (Å²) in [5, 5.41) is 7.18. The van der Waals surface area contributed by atoms with Gasteiger partial charge in [-0.05, 0) is 49.2 Å². The topological polar surface area (TPSA) is 68.5 Å². The van der Waals surface area contributed by atoms with Crippen LogP contribution < -0.4 is 10.1 Å². The van der Waals surface area contributed by atoms with Gasteiger partial charge in [-0.2, -0.15) is 5.10 Å². The van der Waals surface area contributed by atoms with Crippen LogP contribution in [0.3, 0.4) is 0 Å². The number of ether oxygens (including phenoxy) is 1. The smallest absolute Gasteiger partial charge is 0.276 e. The molecule has 1 fully saturated rings. The number of imidazole rings is 1. The van der Waals surface area contributed by atoms with E-state index in [0.29, 0.717) is 17.3 Å². The molecule has 0 radical (unpaired) electrons. The zero-order valence-corrected chi connectivity index (χ0v) is 12.7. The average molecular weight is 308 g/mol. The molecule has 0 aliphatic heterocycles. The van der Waals surface area contributed by atoms with Crippen molar-refractivity contribution in [2.75, 3.05) is 12.4 Å². The third-order valence-corrected chi connectivity index (χ3v) is 3.91. The molecule has 4 rings (SSSR count). The number of rotatable bonds is 4. The average Bonchev–Trinajstić information content (AvgIpc) is 3.34. The molecule has 0 bridgehead atoms. The molecular weight excluding hydrogens is 292 g/mol. The normalized spacial score (nSPS) is 14.0. The molecule has 1 amide bonds. The second-order valence-electron chi connectivity index (χ2n) is 5.64. The number of benzene rings is 1. The zero-order valence-electron chi connectivity index (χ0n) is 12.7. The number of methoxy groups -OCH3 is 1. The first-order valence-corrected chi connectivity index (χ1v) is 7.55. The van der Waals surface area contributed by atoms with Gasteiger partial charge >= 0.3 is 0 Å². The second kappa shape index (κ2) is 5.39. The van der Waals surface area contributed by atoms with Crippen LogP contribution in [0.2, 0.25) is 0 Å². The van der Waals surface area contributed by atoms with Crippen molar-refractivity contribution in [3.8, 4) is 5.75 Å². The van der Waals surface area contributed by atoms with Crippen LogP contribution in [0, 0.1) is 0 Å². The van der Waals surface area contributed by atoms with E-state index in [1.54, 1.807) is 42.0 Å². The number of carbonyl (C=O) groups excluding carboxylic acids is 1. The Morgan fingerprint density at radius 2 is 2.00 bits per heavy atom. The fourth-order valence-electron chi connectivity index (χ4n) is 2.47. The number of fused-ring (bicyclic) bond motifs is 1. The molecule has 1 aliphatic carbocycles. The van der Waals surface area contributed by atoms with Crippen molar-refractivity contribution in [2.45, 2.75) is 18.8 Å². The second-order valence-corrected chi connectivity index (χ2v) is 5.64. The van der Waals surface area contributed by atoms with Gasteiger partial charge in [-0.3, -0.25) is 4.79 Å². The molecule has 1 aromatic carbocycles. The quantitative estimate of drug-likeness (QED) is 0.804. The number of nitrogens with zero attached hydrogens (tertiary/aromatic N) is 3. The molecule has 2 heterocycles. The van der Waals surface area contributed by atoms with Gasteiger partial charge in [0.15, 0.2) is 5.65 Å². The number of hydrogen-bond acceptors (Lipinski definition) is 4. The van der Waals surface area contributed by atoms with Crippen molar-refractivity contribution >= 4 is 17.2 Å². The molecule has 1 N–H and O–H groups in total. The lowest BCUT2D eigenvalue weighted by Gasteiger charge is -2.06. The third-order valence-electron chi connectivity index (χ3n) is 3.91. The molecule has 0 saturated heterocycles. The molecule has 1 aliphatic rings. The Kier molecular flexibility index (Phi) is 3.22. The van der Waals surface area contributed by atoms with Gasteiger partial charge in [0.05, 0.1) is 19.0 Å². The number of anilines is 1. The summed E-state index contributed by atoms with van der Waals surface area (Å²) in [6, 6.07) is 10.7. The number of aromatic nitrogens is 3. The standard InChI is InChI=1S/C17H16N4O2/c1-23-13-6-4-12(5-7-13)18-17(22)14-8-9-16-19-15(11-2-3-11)10-21(16)20-14/h4-11H,2-3H2,1H3,(H,18,22). The molecule has 0 atom stereocenters. The summed E-state index contributed by atoms with van der Waals surface area (Å²) >= 11 is 0. The third kappa shape index (κ3) is 2.75. The van der Waals surface area contributed by atoms with E-state index in [1.807, 2.05) is 12.3 Å². The van der Waals surface area contributed by atoms with E-state index in [9.17, 15) is 4.79 Å². The fraction of sp³-hybridized carbons (Fsp3) is 0.235. The van der Waals surface area contributed by atoms with Crippen LogP contribution >= 0.6 is 0 Å². The van der Waals surface area contributed by atoms with Crippen LogP contribution in [0.5, 0.6) is 5.75 Å². The molecule has 23 heavy (non-hydrogen) atoms. The highest BCUT2D eigenvalue weighted by atomic mass is 16.5. The van der Waals surface area contributed by atoms with Gasteiger partial charge < -0.3 is 10.1 Å². The van der Waals surface area contributed by atoms with Crippen LogP contribution in [0.25, 0.3) is 5.65 Å². The summed E-state index contributed by atoms with van der Waals surface area (Å²) in [5.41, 5.74) is 2.88. The van der Waals surface area contributed by atoms with Crippen LogP contribution in [0.1, 0.15) is 34.9 Å². The van der Waals surface area contributed by atoms with Gasteiger partial charge in [-0.15, -0.1) is 0 Å². The molecule has 0 spiro atoms. The van der Waals surface area contributed by atoms with Crippen molar-refractivity contribution in [3.05, 3.63) is 54.0 Å². The summed E-state index contributed by atoms with van der Waals surface area (Å²) in [6.45, 7) is 0. The van der Waals surface area contributed by atoms with E-state index in [0.717, 1.165) is 17.1 Å². The summed E-state index contributed by atoms with van der Waals surface area (Å²) in [4.78, 5) is 16.9. The van der Waals surface area contributed by atoms with Crippen LogP contribution in [-0.2, 0) is 0 Å². The summed E-state index contributed by atoms with van der Waals surface area (Å²) in [5.74, 6) is 1.06. The summed E-state index contributed by atoms with van der Waals surface area (Å²) < 4.78 is 6.78. The molecule has 3 aromatic rings. The molecule has 6 heteroatoms. The summed E-state index contributed by atoms with van der Waals surface area (Å²) in [7, 11) is 1.60. The van der Waals surface area contributed by atoms with Crippen LogP contribution in [0.15, 0.2) is 42.6 Å². The minimum absolute atomic E-state index is 0.251. The van der Waals surface area contributed by atoms with Gasteiger partial charge in [0.25, 0.3) is 5.91 Å². The number of hydrogen-bond donors (Lipinski definition) is 1. The maximum atomic E-state index is 12.3. The number of amides is 1. The fourth-order valence-corrected chi connectivity index (χ4v) is 2.47. The number of carbonyl (C=O) groups is 1. The highest BCUT2D eigenvalue weighted by Gasteiger charge is 2.26. The van der Waals surface area contributed by atoms with E-state index < -0.39 is 0 Å². The van der Waals surface area contributed by atoms with Gasteiger partial charge in [0.1, 0.15) is 11.4 Å². The van der Waals surface area contributed by atoms with Crippen molar-refractivity contribution in [3.63, 3.8) is 0 Å². The van der Waals surface area contributed by atoms with E-state index in [1.165, 1.54) is 12.8 Å². The Hall–Kier alpha value is -2.89. The van der Waals surface area contributed by atoms with Crippen molar-refractivity contribution in [1.82, 2.24) is 14.6 Å². The molecule has 116 valence electrons. The minimum atomic E-state index is -0.251. The first-order valence-electron chi connectivity index (χ1n) is 7.55. The molecule has 2 aromatic heterocycles. The molecular formula is C17H16N4O2. The van der Waals surface area contributed by atoms with E-state index >= 15 is 0 Å². The van der Waals surface area contributed by atoms with Gasteiger partial charge in [0.2, 0.25) is 0 Å². The van der Waals surface area contributed by atoms with Crippen LogP contribution in [-0.4, -0.2) is 27.6 Å². The Bertz CT molecular complexity index is 866. The lowest BCUT2D eigenvalue weighted by atomic mass is 10.3. The van der Waals surface area contributed by atoms with Crippen molar-refractivity contribution < 1.29 is 9.53 Å². The SMILES string of the molecule is COc1ccc(NC(=O)c2ccc3nc(C4CC4)cn3n2)cc1. The van der Waals surface area contributed by atoms with E-state index in [-0.39, 0.29) is 5.91 Å². The lowest BCUT2D eigenvalue weighted by Crippen LogP contribution is -2.15. The van der Waals surface area contributed by atoms with Crippen LogP contribution in [0.4, 0.5) is 5.69 Å². The molecule has 0 unspecified atom stereocenters. The Labute approximate surface area is 133 Å². The van der Waals surface area contributed by atoms with Gasteiger partial charge in [-0.1, -0.05) is 0 Å². The van der Waals surface area contributed by atoms with E-state index in [4.69, 9.17) is 4.74 Å². The maximum absolute atomic E-state index is 12.3. The molecule has 6 nitrogen and oxygen atoms in total. The number of nitrogens with one attached hydrogen (secondary N) is 1. The Morgan fingerprint density at radius 1 is 1.22 bits per heavy atom. The van der Waals surface area contributed by atoms with Gasteiger partial charge in [0, 0.05) is 11.6 Å². The lowest BCUT2D eigenvalue weighted by molar-refractivity contribution is 0.102. The predicted octanol–water partition coefficient (Wildman–Crippen LogP) is 2.87. The Balaban J connectivity index is 1.55. The van der Waals surface area contributed by atoms with Crippen molar-refractivity contribution in [1.29, 1.82) is 0 Å². The minimum Gasteiger partial charge on any atom is -0.497 e. The maximum Gasteiger partial charge on any atom is 0.276 e. The van der Waals surface area contributed by atoms with Crippen molar-refractivity contribution in [2.24, 2.45) is 0 Å².